The molecule has 2 aliphatic carbocycles. The van der Waals surface area contributed by atoms with Crippen molar-refractivity contribution in [2.24, 2.45) is 0 Å². The Morgan fingerprint density at radius 1 is 0.694 bits per heavy atom. The minimum atomic E-state index is -1.23. The van der Waals surface area contributed by atoms with Gasteiger partial charge in [-0.25, -0.2) is 0 Å². The van der Waals surface area contributed by atoms with Crippen LogP contribution < -0.4 is 4.74 Å². The van der Waals surface area contributed by atoms with Gasteiger partial charge in [0.25, 0.3) is 0 Å². The molecule has 0 atom stereocenters. The van der Waals surface area contributed by atoms with E-state index >= 15 is 0 Å². The van der Waals surface area contributed by atoms with Crippen molar-refractivity contribution >= 4 is 17.3 Å². The number of Topliss-reactive ketones (excluding diaryl/α,β-unsaturated/α-hetero) is 3. The average Bonchev–Trinajstić information content (AvgIpc) is 2.78. The summed E-state index contributed by atoms with van der Waals surface area (Å²) in [4.78, 5) is 41.5. The van der Waals surface area contributed by atoms with Crippen LogP contribution in [0, 0.1) is 6.92 Å². The maximum absolute atomic E-state index is 14.0. The van der Waals surface area contributed by atoms with Crippen LogP contribution in [0.1, 0.15) is 56.0 Å². The second kappa shape index (κ2) is 7.45. The standard InChI is InChI=1S/C28H22O8/c1-11-5-12(29)10-19(36-4)20(11)15-6-13(30)7-16-21(15)26(34)23-24(25(16)33)28(2,3)17-8-14(31)9-18(32)22(17)27(23)35/h5-10,29-32H,1-4H3. The van der Waals surface area contributed by atoms with E-state index in [0.717, 1.165) is 6.07 Å². The number of hydrogen-bond donors (Lipinski definition) is 4. The van der Waals surface area contributed by atoms with Crippen molar-refractivity contribution in [3.63, 3.8) is 0 Å². The van der Waals surface area contributed by atoms with E-state index < -0.39 is 28.5 Å². The maximum atomic E-state index is 14.0. The van der Waals surface area contributed by atoms with Crippen LogP contribution in [0.4, 0.5) is 0 Å². The summed E-state index contributed by atoms with van der Waals surface area (Å²) < 4.78 is 5.42. The summed E-state index contributed by atoms with van der Waals surface area (Å²) in [6.07, 6.45) is 0. The zero-order valence-corrected chi connectivity index (χ0v) is 19.9. The number of hydrogen-bond acceptors (Lipinski definition) is 8. The number of phenolic OH excluding ortho intramolecular Hbond substituents is 4. The van der Waals surface area contributed by atoms with Crippen molar-refractivity contribution < 1.29 is 39.5 Å². The molecular formula is C28H22O8. The van der Waals surface area contributed by atoms with Gasteiger partial charge in [0.15, 0.2) is 11.6 Å². The lowest BCUT2D eigenvalue weighted by molar-refractivity contribution is 0.0909. The molecule has 36 heavy (non-hydrogen) atoms. The quantitative estimate of drug-likeness (QED) is 0.392. The molecule has 8 heteroatoms. The lowest BCUT2D eigenvalue weighted by Gasteiger charge is -2.38. The molecule has 5 rings (SSSR count). The molecule has 0 unspecified atom stereocenters. The monoisotopic (exact) mass is 486 g/mol. The molecule has 182 valence electrons. The summed E-state index contributed by atoms with van der Waals surface area (Å²) in [5.41, 5.74) is -0.748. The number of methoxy groups -OCH3 is 1. The normalized spacial score (nSPS) is 15.9. The number of allylic oxidation sites excluding steroid dienone is 2. The van der Waals surface area contributed by atoms with E-state index in [1.807, 2.05) is 0 Å². The first-order chi connectivity index (χ1) is 16.9. The number of benzene rings is 3. The van der Waals surface area contributed by atoms with E-state index in [1.165, 1.54) is 37.4 Å². The summed E-state index contributed by atoms with van der Waals surface area (Å²) in [5, 5.41) is 41.1. The van der Waals surface area contributed by atoms with Crippen LogP contribution in [-0.2, 0) is 5.41 Å². The molecule has 0 saturated heterocycles. The van der Waals surface area contributed by atoms with Crippen LogP contribution >= 0.6 is 0 Å². The highest BCUT2D eigenvalue weighted by Gasteiger charge is 2.50. The number of ketones is 3. The van der Waals surface area contributed by atoms with E-state index in [4.69, 9.17) is 4.74 Å². The van der Waals surface area contributed by atoms with Gasteiger partial charge in [0.1, 0.15) is 28.7 Å². The zero-order chi connectivity index (χ0) is 26.3. The van der Waals surface area contributed by atoms with Crippen molar-refractivity contribution in [3.05, 3.63) is 75.4 Å². The van der Waals surface area contributed by atoms with Gasteiger partial charge < -0.3 is 25.2 Å². The fourth-order valence-corrected chi connectivity index (χ4v) is 5.39. The van der Waals surface area contributed by atoms with E-state index in [9.17, 15) is 34.8 Å². The van der Waals surface area contributed by atoms with Crippen LogP contribution in [0.3, 0.4) is 0 Å². The van der Waals surface area contributed by atoms with Gasteiger partial charge in [0.2, 0.25) is 5.78 Å². The molecule has 0 spiro atoms. The first-order valence-electron chi connectivity index (χ1n) is 11.1. The fourth-order valence-electron chi connectivity index (χ4n) is 5.39. The SMILES string of the molecule is COc1cc(O)cc(C)c1-c1cc(O)cc2c1C(=O)C1=C(C2=O)C(C)(C)c2cc(O)cc(O)c2C1=O. The van der Waals surface area contributed by atoms with E-state index in [1.54, 1.807) is 20.8 Å². The fraction of sp³-hybridized carbons (Fsp3) is 0.179. The highest BCUT2D eigenvalue weighted by atomic mass is 16.5. The molecule has 0 aromatic heterocycles. The molecule has 0 amide bonds. The molecular weight excluding hydrogens is 464 g/mol. The predicted molar refractivity (Wildman–Crippen MR) is 129 cm³/mol. The summed E-state index contributed by atoms with van der Waals surface area (Å²) in [6.45, 7) is 4.92. The highest BCUT2D eigenvalue weighted by molar-refractivity contribution is 6.42. The van der Waals surface area contributed by atoms with E-state index in [2.05, 4.69) is 0 Å². The Labute approximate surface area is 205 Å². The molecule has 8 nitrogen and oxygen atoms in total. The summed E-state index contributed by atoms with van der Waals surface area (Å²) >= 11 is 0. The molecule has 2 aliphatic rings. The molecule has 0 heterocycles. The molecule has 0 radical (unpaired) electrons. The number of phenols is 4. The van der Waals surface area contributed by atoms with Gasteiger partial charge in [-0.05, 0) is 42.3 Å². The number of aryl methyl sites for hydroxylation is 1. The Hall–Kier alpha value is -4.59. The Kier molecular flexibility index (Phi) is 4.80. The summed E-state index contributed by atoms with van der Waals surface area (Å²) in [6, 6.07) is 7.58. The van der Waals surface area contributed by atoms with Crippen LogP contribution in [0.25, 0.3) is 11.1 Å². The van der Waals surface area contributed by atoms with E-state index in [-0.39, 0.29) is 62.0 Å². The van der Waals surface area contributed by atoms with Gasteiger partial charge in [0, 0.05) is 45.4 Å². The third-order valence-corrected chi connectivity index (χ3v) is 6.93. The largest absolute Gasteiger partial charge is 0.508 e. The third-order valence-electron chi connectivity index (χ3n) is 6.93. The number of ether oxygens (including phenoxy) is 1. The van der Waals surface area contributed by atoms with Gasteiger partial charge in [-0.15, -0.1) is 0 Å². The first-order valence-corrected chi connectivity index (χ1v) is 11.1. The Morgan fingerprint density at radius 2 is 1.28 bits per heavy atom. The van der Waals surface area contributed by atoms with Crippen LogP contribution in [-0.4, -0.2) is 44.9 Å². The van der Waals surface area contributed by atoms with Crippen LogP contribution in [0.2, 0.25) is 0 Å². The van der Waals surface area contributed by atoms with Crippen LogP contribution in [0.15, 0.2) is 47.5 Å². The van der Waals surface area contributed by atoms with Gasteiger partial charge in [-0.3, -0.25) is 14.4 Å². The van der Waals surface area contributed by atoms with Crippen molar-refractivity contribution in [3.8, 4) is 39.9 Å². The third kappa shape index (κ3) is 2.97. The minimum Gasteiger partial charge on any atom is -0.508 e. The lowest BCUT2D eigenvalue weighted by Crippen LogP contribution is -2.40. The maximum Gasteiger partial charge on any atom is 0.201 e. The predicted octanol–water partition coefficient (Wildman–Crippen LogP) is 4.34. The highest BCUT2D eigenvalue weighted by Crippen LogP contribution is 2.51. The Morgan fingerprint density at radius 3 is 1.94 bits per heavy atom. The molecule has 4 N–H and O–H groups in total. The van der Waals surface area contributed by atoms with Crippen molar-refractivity contribution in [1.29, 1.82) is 0 Å². The van der Waals surface area contributed by atoms with Gasteiger partial charge in [0.05, 0.1) is 18.2 Å². The average molecular weight is 486 g/mol. The number of carbonyl (C=O) groups excluding carboxylic acids is 3. The molecule has 3 aromatic carbocycles. The summed E-state index contributed by atoms with van der Waals surface area (Å²) in [7, 11) is 1.38. The molecule has 0 saturated carbocycles. The van der Waals surface area contributed by atoms with Crippen molar-refractivity contribution in [2.75, 3.05) is 7.11 Å². The minimum absolute atomic E-state index is 0.0749. The Bertz CT molecular complexity index is 1590. The van der Waals surface area contributed by atoms with Crippen LogP contribution in [0.5, 0.6) is 28.7 Å². The lowest BCUT2D eigenvalue weighted by atomic mass is 9.62. The Balaban J connectivity index is 1.85. The summed E-state index contributed by atoms with van der Waals surface area (Å²) in [5.74, 6) is -3.13. The first kappa shape index (κ1) is 23.2. The smallest absolute Gasteiger partial charge is 0.201 e. The van der Waals surface area contributed by atoms with E-state index in [0.29, 0.717) is 11.1 Å². The second-order valence-corrected chi connectivity index (χ2v) is 9.51. The number of aromatic hydroxyl groups is 4. The molecule has 0 bridgehead atoms. The zero-order valence-electron chi connectivity index (χ0n) is 19.9. The topological polar surface area (TPSA) is 141 Å². The molecule has 0 fully saturated rings. The number of fused-ring (bicyclic) bond motifs is 2. The van der Waals surface area contributed by atoms with Gasteiger partial charge in [-0.1, -0.05) is 13.8 Å². The van der Waals surface area contributed by atoms with Crippen molar-refractivity contribution in [2.45, 2.75) is 26.2 Å². The van der Waals surface area contributed by atoms with Gasteiger partial charge >= 0.3 is 0 Å². The van der Waals surface area contributed by atoms with Crippen molar-refractivity contribution in [1.82, 2.24) is 0 Å². The number of carbonyl (C=O) groups is 3. The second-order valence-electron chi connectivity index (χ2n) is 9.51. The number of rotatable bonds is 2. The van der Waals surface area contributed by atoms with Gasteiger partial charge in [-0.2, -0.15) is 0 Å². The molecule has 0 aliphatic heterocycles. The molecule has 3 aromatic rings.